The number of carbonyl (C=O) groups is 2. The van der Waals surface area contributed by atoms with Gasteiger partial charge in [-0.05, 0) is 32.3 Å². The minimum atomic E-state index is -3.72. The summed E-state index contributed by atoms with van der Waals surface area (Å²) in [5.74, 6) is -0.720. The number of hydrogen-bond donors (Lipinski definition) is 0. The molecule has 3 heterocycles. The van der Waals surface area contributed by atoms with Crippen molar-refractivity contribution in [2.45, 2.75) is 42.6 Å². The van der Waals surface area contributed by atoms with Crippen molar-refractivity contribution in [3.05, 3.63) is 17.0 Å². The van der Waals surface area contributed by atoms with Crippen LogP contribution in [0.1, 0.15) is 36.5 Å². The topological polar surface area (TPSA) is 102 Å². The molecule has 0 saturated carbocycles. The minimum Gasteiger partial charge on any atom is -0.465 e. The van der Waals surface area contributed by atoms with E-state index in [1.807, 2.05) is 0 Å². The smallest absolute Gasteiger partial charge is 0.338 e. The van der Waals surface area contributed by atoms with Crippen molar-refractivity contribution in [1.29, 1.82) is 0 Å². The number of esters is 1. The summed E-state index contributed by atoms with van der Waals surface area (Å²) < 4.78 is 43.1. The molecule has 3 rings (SSSR count). The van der Waals surface area contributed by atoms with Crippen molar-refractivity contribution in [3.63, 3.8) is 0 Å². The van der Waals surface area contributed by atoms with Gasteiger partial charge in [0.25, 0.3) is 15.9 Å². The summed E-state index contributed by atoms with van der Waals surface area (Å²) >= 11 is 0.983. The van der Waals surface area contributed by atoms with E-state index in [1.54, 1.807) is 11.8 Å². The molecule has 0 radical (unpaired) electrons. The summed E-state index contributed by atoms with van der Waals surface area (Å²) in [6, 6.07) is 1.33. The van der Waals surface area contributed by atoms with Gasteiger partial charge >= 0.3 is 5.97 Å². The number of sulfonamides is 1. The fourth-order valence-electron chi connectivity index (χ4n) is 3.47. The van der Waals surface area contributed by atoms with Crippen LogP contribution in [-0.4, -0.2) is 88.2 Å². The van der Waals surface area contributed by atoms with E-state index in [9.17, 15) is 18.0 Å². The predicted molar refractivity (Wildman–Crippen MR) is 110 cm³/mol. The van der Waals surface area contributed by atoms with Crippen LogP contribution >= 0.6 is 11.3 Å². The van der Waals surface area contributed by atoms with Gasteiger partial charge in [-0.1, -0.05) is 0 Å². The second kappa shape index (κ2) is 10.2. The molecule has 1 aromatic heterocycles. The first-order chi connectivity index (χ1) is 14.3. The predicted octanol–water partition coefficient (Wildman–Crippen LogP) is 1.34. The fraction of sp³-hybridized carbons (Fsp3) is 0.684. The Morgan fingerprint density at radius 3 is 2.63 bits per heavy atom. The number of methoxy groups -OCH3 is 1. The Morgan fingerprint density at radius 2 is 2.00 bits per heavy atom. The Labute approximate surface area is 180 Å². The van der Waals surface area contributed by atoms with Gasteiger partial charge in [-0.3, -0.25) is 4.79 Å². The molecule has 0 bridgehead atoms. The number of rotatable bonds is 7. The molecule has 168 valence electrons. The van der Waals surface area contributed by atoms with E-state index in [2.05, 4.69) is 4.74 Å². The molecular weight excluding hydrogens is 432 g/mol. The van der Waals surface area contributed by atoms with Crippen LogP contribution in [0.2, 0.25) is 0 Å². The van der Waals surface area contributed by atoms with Crippen LogP contribution in [0.5, 0.6) is 0 Å². The lowest BCUT2D eigenvalue weighted by atomic mass is 10.1. The highest BCUT2D eigenvalue weighted by molar-refractivity contribution is 7.91. The van der Waals surface area contributed by atoms with E-state index >= 15 is 0 Å². The van der Waals surface area contributed by atoms with Gasteiger partial charge in [0.15, 0.2) is 0 Å². The maximum absolute atomic E-state index is 12.8. The van der Waals surface area contributed by atoms with Gasteiger partial charge < -0.3 is 19.1 Å². The molecule has 2 saturated heterocycles. The van der Waals surface area contributed by atoms with E-state index in [1.165, 1.54) is 22.9 Å². The van der Waals surface area contributed by atoms with Gasteiger partial charge in [0, 0.05) is 38.2 Å². The van der Waals surface area contributed by atoms with E-state index in [0.717, 1.165) is 37.2 Å². The summed E-state index contributed by atoms with van der Waals surface area (Å²) in [4.78, 5) is 25.9. The molecule has 1 aromatic rings. The molecular formula is C19H28N2O7S2. The zero-order valence-corrected chi connectivity index (χ0v) is 18.9. The monoisotopic (exact) mass is 460 g/mol. The number of amides is 1. The number of nitrogens with zero attached hydrogens (tertiary/aromatic N) is 2. The number of ether oxygens (including phenoxy) is 3. The molecule has 0 aliphatic carbocycles. The maximum atomic E-state index is 12.8. The number of carbonyl (C=O) groups excluding carboxylic acids is 2. The maximum Gasteiger partial charge on any atom is 0.338 e. The van der Waals surface area contributed by atoms with Crippen LogP contribution in [-0.2, 0) is 29.0 Å². The number of hydrogen-bond acceptors (Lipinski definition) is 8. The molecule has 2 aliphatic heterocycles. The van der Waals surface area contributed by atoms with Crippen molar-refractivity contribution in [1.82, 2.24) is 9.21 Å². The van der Waals surface area contributed by atoms with Crippen LogP contribution in [0.15, 0.2) is 15.7 Å². The zero-order chi connectivity index (χ0) is 21.7. The molecule has 0 aromatic carbocycles. The van der Waals surface area contributed by atoms with Crippen LogP contribution in [0, 0.1) is 0 Å². The van der Waals surface area contributed by atoms with Crippen LogP contribution in [0.3, 0.4) is 0 Å². The summed E-state index contributed by atoms with van der Waals surface area (Å²) in [5, 5.41) is 1.47. The molecule has 0 spiro atoms. The van der Waals surface area contributed by atoms with E-state index < -0.39 is 22.1 Å². The van der Waals surface area contributed by atoms with Crippen molar-refractivity contribution in [2.24, 2.45) is 0 Å². The van der Waals surface area contributed by atoms with Crippen LogP contribution < -0.4 is 0 Å². The first-order valence-electron chi connectivity index (χ1n) is 10.0. The molecule has 9 nitrogen and oxygen atoms in total. The summed E-state index contributed by atoms with van der Waals surface area (Å²) in [7, 11) is -2.47. The third kappa shape index (κ3) is 5.38. The number of thiophene rings is 1. The third-order valence-electron chi connectivity index (χ3n) is 5.29. The minimum absolute atomic E-state index is 0.0386. The van der Waals surface area contributed by atoms with Gasteiger partial charge in [0.05, 0.1) is 25.4 Å². The van der Waals surface area contributed by atoms with E-state index in [-0.39, 0.29) is 34.9 Å². The Bertz CT molecular complexity index is 841. The lowest BCUT2D eigenvalue weighted by molar-refractivity contribution is -0.147. The Hall–Kier alpha value is -1.53. The van der Waals surface area contributed by atoms with Crippen LogP contribution in [0.4, 0.5) is 0 Å². The largest absolute Gasteiger partial charge is 0.465 e. The molecule has 30 heavy (non-hydrogen) atoms. The Balaban J connectivity index is 1.51. The summed E-state index contributed by atoms with van der Waals surface area (Å²) in [6.07, 6.45) is 2.55. The van der Waals surface area contributed by atoms with E-state index in [4.69, 9.17) is 9.47 Å². The summed E-state index contributed by atoms with van der Waals surface area (Å²) in [5.41, 5.74) is 0.211. The average molecular weight is 461 g/mol. The van der Waals surface area contributed by atoms with E-state index in [0.29, 0.717) is 19.7 Å². The molecule has 2 unspecified atom stereocenters. The second-order valence-electron chi connectivity index (χ2n) is 7.34. The zero-order valence-electron chi connectivity index (χ0n) is 17.2. The van der Waals surface area contributed by atoms with Gasteiger partial charge in [0.2, 0.25) is 0 Å². The van der Waals surface area contributed by atoms with Crippen molar-refractivity contribution in [2.75, 3.05) is 46.5 Å². The lowest BCUT2D eigenvalue weighted by Crippen LogP contribution is -2.52. The fourth-order valence-corrected chi connectivity index (χ4v) is 6.20. The average Bonchev–Trinajstić information content (AvgIpc) is 3.28. The Morgan fingerprint density at radius 1 is 1.27 bits per heavy atom. The first-order valence-corrected chi connectivity index (χ1v) is 12.3. The second-order valence-corrected chi connectivity index (χ2v) is 10.4. The van der Waals surface area contributed by atoms with Gasteiger partial charge in [-0.25, -0.2) is 13.2 Å². The molecule has 2 aliphatic rings. The van der Waals surface area contributed by atoms with Gasteiger partial charge in [-0.2, -0.15) is 4.31 Å². The molecule has 11 heteroatoms. The van der Waals surface area contributed by atoms with Crippen molar-refractivity contribution >= 4 is 33.2 Å². The third-order valence-corrected chi connectivity index (χ3v) is 8.61. The lowest BCUT2D eigenvalue weighted by Gasteiger charge is -2.35. The molecule has 2 atom stereocenters. The highest BCUT2D eigenvalue weighted by Gasteiger charge is 2.33. The SMILES string of the molecule is COC(=O)c1csc(S(=O)(=O)N2CCN(C(=O)C(C)OCC3CCCCO3)CC2)c1. The quantitative estimate of drug-likeness (QED) is 0.566. The van der Waals surface area contributed by atoms with Crippen LogP contribution in [0.25, 0.3) is 0 Å². The molecule has 2 fully saturated rings. The normalized spacial score (nSPS) is 21.9. The van der Waals surface area contributed by atoms with Crippen molar-refractivity contribution < 1.29 is 32.2 Å². The van der Waals surface area contributed by atoms with Gasteiger partial charge in [-0.15, -0.1) is 11.3 Å². The molecule has 1 amide bonds. The molecule has 0 N–H and O–H groups in total. The highest BCUT2D eigenvalue weighted by Crippen LogP contribution is 2.25. The van der Waals surface area contributed by atoms with Crippen molar-refractivity contribution in [3.8, 4) is 0 Å². The Kier molecular flexibility index (Phi) is 7.86. The van der Waals surface area contributed by atoms with Gasteiger partial charge in [0.1, 0.15) is 10.3 Å². The highest BCUT2D eigenvalue weighted by atomic mass is 32.2. The standard InChI is InChI=1S/C19H28N2O7S2/c1-14(28-12-16-5-3-4-10-27-16)18(22)20-6-8-21(9-7-20)30(24,25)17-11-15(13-29-17)19(23)26-2/h11,13-14,16H,3-10,12H2,1-2H3. The summed E-state index contributed by atoms with van der Waals surface area (Å²) in [6.45, 7) is 3.81. The number of piperazine rings is 1. The first kappa shape index (κ1) is 23.1.